The zero-order valence-corrected chi connectivity index (χ0v) is 16.9. The van der Waals surface area contributed by atoms with Crippen molar-refractivity contribution < 1.29 is 9.53 Å². The molecule has 0 fully saturated rings. The number of benzene rings is 2. The summed E-state index contributed by atoms with van der Waals surface area (Å²) in [7, 11) is 1.52. The molecule has 9 heteroatoms. The number of nitrogens with zero attached hydrogens (tertiary/aromatic N) is 1. The van der Waals surface area contributed by atoms with Gasteiger partial charge in [-0.05, 0) is 42.9 Å². The lowest BCUT2D eigenvalue weighted by atomic mass is 10.1. The van der Waals surface area contributed by atoms with Crippen LogP contribution in [0.25, 0.3) is 10.2 Å². The highest BCUT2D eigenvalue weighted by molar-refractivity contribution is 7.80. The van der Waals surface area contributed by atoms with Gasteiger partial charge in [0, 0.05) is 0 Å². The highest BCUT2D eigenvalue weighted by Gasteiger charge is 2.16. The Bertz CT molecular complexity index is 1020. The Balaban J connectivity index is 1.76. The van der Waals surface area contributed by atoms with Gasteiger partial charge in [-0.1, -0.05) is 46.7 Å². The number of rotatable bonds is 3. The number of hydrogen-bond acceptors (Lipinski definition) is 5. The van der Waals surface area contributed by atoms with Crippen molar-refractivity contribution in [2.45, 2.75) is 6.92 Å². The largest absolute Gasteiger partial charge is 0.496 e. The molecule has 0 unspecified atom stereocenters. The summed E-state index contributed by atoms with van der Waals surface area (Å²) >= 11 is 18.7. The number of thiocarbonyl (C=S) groups is 1. The minimum Gasteiger partial charge on any atom is -0.496 e. The minimum absolute atomic E-state index is 0.125. The van der Waals surface area contributed by atoms with Crippen molar-refractivity contribution in [1.82, 2.24) is 10.3 Å². The van der Waals surface area contributed by atoms with Crippen LogP contribution in [-0.4, -0.2) is 23.1 Å². The molecule has 1 heterocycles. The Labute approximate surface area is 169 Å². The number of amides is 1. The van der Waals surface area contributed by atoms with E-state index in [1.165, 1.54) is 18.4 Å². The van der Waals surface area contributed by atoms with Gasteiger partial charge in [-0.3, -0.25) is 10.1 Å². The van der Waals surface area contributed by atoms with Crippen LogP contribution in [0.2, 0.25) is 10.0 Å². The summed E-state index contributed by atoms with van der Waals surface area (Å²) in [6.45, 7) is 1.86. The molecular weight excluding hydrogens is 413 g/mol. The van der Waals surface area contributed by atoms with E-state index in [2.05, 4.69) is 15.6 Å². The molecule has 0 aliphatic heterocycles. The molecule has 0 saturated carbocycles. The lowest BCUT2D eigenvalue weighted by Gasteiger charge is -2.12. The molecule has 5 nitrogen and oxygen atoms in total. The van der Waals surface area contributed by atoms with Crippen molar-refractivity contribution in [2.24, 2.45) is 0 Å². The van der Waals surface area contributed by atoms with E-state index in [-0.39, 0.29) is 11.0 Å². The van der Waals surface area contributed by atoms with Crippen LogP contribution in [0.15, 0.2) is 30.3 Å². The fourth-order valence-electron chi connectivity index (χ4n) is 2.39. The number of fused-ring (bicyclic) bond motifs is 1. The molecule has 0 spiro atoms. The van der Waals surface area contributed by atoms with Crippen molar-refractivity contribution in [2.75, 3.05) is 12.4 Å². The maximum absolute atomic E-state index is 12.5. The van der Waals surface area contributed by atoms with Gasteiger partial charge in [0.25, 0.3) is 5.91 Å². The number of anilines is 1. The minimum atomic E-state index is -0.370. The smallest absolute Gasteiger partial charge is 0.261 e. The quantitative estimate of drug-likeness (QED) is 0.574. The molecule has 26 heavy (non-hydrogen) atoms. The van der Waals surface area contributed by atoms with Gasteiger partial charge in [0.1, 0.15) is 11.3 Å². The lowest BCUT2D eigenvalue weighted by Crippen LogP contribution is -2.34. The van der Waals surface area contributed by atoms with Crippen LogP contribution in [0, 0.1) is 6.92 Å². The zero-order chi connectivity index (χ0) is 18.8. The maximum Gasteiger partial charge on any atom is 0.261 e. The van der Waals surface area contributed by atoms with Crippen molar-refractivity contribution in [3.05, 3.63) is 51.5 Å². The SMILES string of the molecule is COc1c(C)cccc1C(=O)NC(=S)Nc1nc2c(Cl)c(Cl)ccc2s1. The molecular formula is C17H13Cl2N3O2S2. The zero-order valence-electron chi connectivity index (χ0n) is 13.7. The van der Waals surface area contributed by atoms with Crippen molar-refractivity contribution in [1.29, 1.82) is 0 Å². The van der Waals surface area contributed by atoms with E-state index in [1.807, 2.05) is 19.1 Å². The summed E-state index contributed by atoms with van der Waals surface area (Å²) in [6, 6.07) is 8.85. The second kappa shape index (κ2) is 7.75. The third-order valence-electron chi connectivity index (χ3n) is 3.56. The molecule has 2 N–H and O–H groups in total. The first-order chi connectivity index (χ1) is 12.4. The van der Waals surface area contributed by atoms with Crippen LogP contribution in [0.5, 0.6) is 5.75 Å². The fourth-order valence-corrected chi connectivity index (χ4v) is 3.94. The number of carbonyl (C=O) groups is 1. The molecule has 0 saturated heterocycles. The Hall–Kier alpha value is -1.93. The van der Waals surface area contributed by atoms with E-state index in [0.717, 1.165) is 10.3 Å². The monoisotopic (exact) mass is 425 g/mol. The average Bonchev–Trinajstić information content (AvgIpc) is 3.01. The number of ether oxygens (including phenoxy) is 1. The first-order valence-electron chi connectivity index (χ1n) is 7.41. The van der Waals surface area contributed by atoms with Gasteiger partial charge in [0.15, 0.2) is 10.2 Å². The van der Waals surface area contributed by atoms with Crippen LogP contribution in [0.3, 0.4) is 0 Å². The van der Waals surface area contributed by atoms with Crippen LogP contribution in [-0.2, 0) is 0 Å². The summed E-state index contributed by atoms with van der Waals surface area (Å²) < 4.78 is 6.16. The van der Waals surface area contributed by atoms with Gasteiger partial charge in [-0.25, -0.2) is 4.98 Å². The molecule has 3 rings (SSSR count). The van der Waals surface area contributed by atoms with Crippen molar-refractivity contribution in [3.8, 4) is 5.75 Å². The molecule has 1 amide bonds. The second-order valence-electron chi connectivity index (χ2n) is 5.29. The van der Waals surface area contributed by atoms with Crippen molar-refractivity contribution >= 4 is 73.1 Å². The normalized spacial score (nSPS) is 10.6. The average molecular weight is 426 g/mol. The number of aryl methyl sites for hydroxylation is 1. The Kier molecular flexibility index (Phi) is 5.62. The van der Waals surface area contributed by atoms with Gasteiger partial charge < -0.3 is 10.1 Å². The summed E-state index contributed by atoms with van der Waals surface area (Å²) in [4.78, 5) is 16.8. The number of methoxy groups -OCH3 is 1. The fraction of sp³-hybridized carbons (Fsp3) is 0.118. The summed E-state index contributed by atoms with van der Waals surface area (Å²) in [6.07, 6.45) is 0. The van der Waals surface area contributed by atoms with Crippen LogP contribution in [0.4, 0.5) is 5.13 Å². The van der Waals surface area contributed by atoms with Crippen molar-refractivity contribution in [3.63, 3.8) is 0 Å². The third kappa shape index (κ3) is 3.76. The highest BCUT2D eigenvalue weighted by Crippen LogP contribution is 2.35. The van der Waals surface area contributed by atoms with Gasteiger partial charge in [-0.15, -0.1) is 0 Å². The first kappa shape index (κ1) is 18.8. The number of hydrogen-bond donors (Lipinski definition) is 2. The number of halogens is 2. The molecule has 0 aliphatic carbocycles. The van der Waals surface area contributed by atoms with E-state index >= 15 is 0 Å². The summed E-state index contributed by atoms with van der Waals surface area (Å²) in [5.74, 6) is 0.138. The number of carbonyl (C=O) groups excluding carboxylic acids is 1. The molecule has 3 aromatic rings. The van der Waals surface area contributed by atoms with Crippen LogP contribution < -0.4 is 15.4 Å². The number of para-hydroxylation sites is 1. The number of thiazole rings is 1. The van der Waals surface area contributed by atoms with Crippen LogP contribution >= 0.6 is 46.8 Å². The van der Waals surface area contributed by atoms with Gasteiger partial charge in [0.2, 0.25) is 0 Å². The molecule has 134 valence electrons. The third-order valence-corrected chi connectivity index (χ3v) is 5.49. The molecule has 0 bridgehead atoms. The number of aromatic nitrogens is 1. The van der Waals surface area contributed by atoms with E-state index in [0.29, 0.717) is 32.0 Å². The predicted octanol–water partition coefficient (Wildman–Crippen LogP) is 5.05. The Morgan fingerprint density at radius 1 is 1.27 bits per heavy atom. The molecule has 1 aromatic heterocycles. The standard InChI is InChI=1S/C17H13Cl2N3O2S2/c1-8-4-3-5-9(14(8)24-2)15(23)21-16(25)22-17-20-13-11(26-17)7-6-10(18)12(13)19/h3-7H,1-2H3,(H2,20,21,22,23,25). The molecule has 0 aliphatic rings. The van der Waals surface area contributed by atoms with Gasteiger partial charge >= 0.3 is 0 Å². The highest BCUT2D eigenvalue weighted by atomic mass is 35.5. The summed E-state index contributed by atoms with van der Waals surface area (Å²) in [5.41, 5.74) is 1.84. The van der Waals surface area contributed by atoms with Crippen LogP contribution in [0.1, 0.15) is 15.9 Å². The molecule has 2 aromatic carbocycles. The molecule has 0 atom stereocenters. The second-order valence-corrected chi connectivity index (χ2v) is 7.52. The summed E-state index contributed by atoms with van der Waals surface area (Å²) in [5, 5.41) is 6.96. The topological polar surface area (TPSA) is 63.2 Å². The van der Waals surface area contributed by atoms with E-state index in [1.54, 1.807) is 18.2 Å². The Morgan fingerprint density at radius 3 is 2.77 bits per heavy atom. The molecule has 0 radical (unpaired) electrons. The van der Waals surface area contributed by atoms with Gasteiger partial charge in [-0.2, -0.15) is 0 Å². The maximum atomic E-state index is 12.5. The number of nitrogens with one attached hydrogen (secondary N) is 2. The Morgan fingerprint density at radius 2 is 2.04 bits per heavy atom. The first-order valence-corrected chi connectivity index (χ1v) is 9.39. The van der Waals surface area contributed by atoms with E-state index < -0.39 is 0 Å². The predicted molar refractivity (Wildman–Crippen MR) is 111 cm³/mol. The van der Waals surface area contributed by atoms with Gasteiger partial charge in [0.05, 0.1) is 27.4 Å². The van der Waals surface area contributed by atoms with E-state index in [9.17, 15) is 4.79 Å². The lowest BCUT2D eigenvalue weighted by molar-refractivity contribution is 0.0974. The van der Waals surface area contributed by atoms with E-state index in [4.69, 9.17) is 40.2 Å².